The number of aromatic nitrogens is 4. The topological polar surface area (TPSA) is 73.0 Å². The first kappa shape index (κ1) is 16.5. The molecule has 0 N–H and O–H groups in total. The third-order valence-corrected chi connectivity index (χ3v) is 5.22. The highest BCUT2D eigenvalue weighted by atomic mass is 16.2. The van der Waals surface area contributed by atoms with Gasteiger partial charge >= 0.3 is 0 Å². The van der Waals surface area contributed by atoms with Crippen molar-refractivity contribution in [2.75, 3.05) is 7.05 Å². The number of fused-ring (bicyclic) bond motifs is 2. The highest BCUT2D eigenvalue weighted by molar-refractivity contribution is 5.77. The smallest absolute Gasteiger partial charge is 0.264 e. The van der Waals surface area contributed by atoms with Gasteiger partial charge in [-0.1, -0.05) is 24.3 Å². The van der Waals surface area contributed by atoms with Crippen molar-refractivity contribution in [3.63, 3.8) is 0 Å². The van der Waals surface area contributed by atoms with Crippen LogP contribution < -0.4 is 5.56 Å². The van der Waals surface area contributed by atoms with E-state index in [0.717, 1.165) is 19.3 Å². The zero-order valence-electron chi connectivity index (χ0n) is 14.9. The predicted molar refractivity (Wildman–Crippen MR) is 97.7 cm³/mol. The molecule has 0 bridgehead atoms. The molecule has 0 aliphatic heterocycles. The molecule has 1 atom stereocenters. The summed E-state index contributed by atoms with van der Waals surface area (Å²) >= 11 is 0. The van der Waals surface area contributed by atoms with Gasteiger partial charge in [0.2, 0.25) is 5.91 Å². The number of carbonyl (C=O) groups excluding carboxylic acids is 1. The monoisotopic (exact) mass is 351 g/mol. The first-order chi connectivity index (χ1) is 12.6. The lowest BCUT2D eigenvalue weighted by atomic mass is 9.87. The molecule has 7 heteroatoms. The number of carbonyl (C=O) groups is 1. The molecule has 1 aliphatic rings. The summed E-state index contributed by atoms with van der Waals surface area (Å²) in [4.78, 5) is 31.4. The molecule has 1 aliphatic carbocycles. The molecule has 134 valence electrons. The maximum absolute atomic E-state index is 12.8. The molecule has 1 amide bonds. The van der Waals surface area contributed by atoms with Gasteiger partial charge in [-0.2, -0.15) is 5.10 Å². The molecule has 2 heterocycles. The van der Waals surface area contributed by atoms with Crippen LogP contribution in [0.1, 0.15) is 30.0 Å². The van der Waals surface area contributed by atoms with Crippen molar-refractivity contribution in [1.29, 1.82) is 0 Å². The second-order valence-electron chi connectivity index (χ2n) is 6.79. The Bertz CT molecular complexity index is 1040. The number of hydrogen-bond donors (Lipinski definition) is 0. The Labute approximate surface area is 150 Å². The Morgan fingerprint density at radius 3 is 3.00 bits per heavy atom. The number of amides is 1. The summed E-state index contributed by atoms with van der Waals surface area (Å²) in [6, 6.07) is 8.33. The number of aryl methyl sites for hydroxylation is 2. The van der Waals surface area contributed by atoms with Crippen LogP contribution in [0.5, 0.6) is 0 Å². The van der Waals surface area contributed by atoms with Crippen LogP contribution in [0.2, 0.25) is 0 Å². The van der Waals surface area contributed by atoms with Crippen molar-refractivity contribution < 1.29 is 4.79 Å². The largest absolute Gasteiger partial charge is 0.337 e. The van der Waals surface area contributed by atoms with Gasteiger partial charge in [-0.05, 0) is 30.4 Å². The van der Waals surface area contributed by atoms with Crippen LogP contribution in [-0.2, 0) is 24.8 Å². The number of hydrogen-bond acceptors (Lipinski definition) is 4. The van der Waals surface area contributed by atoms with Gasteiger partial charge in [-0.25, -0.2) is 4.98 Å². The fraction of sp³-hybridized carbons (Fsp3) is 0.368. The normalized spacial score (nSPS) is 16.5. The minimum atomic E-state index is -0.242. The zero-order chi connectivity index (χ0) is 18.3. The summed E-state index contributed by atoms with van der Waals surface area (Å²) in [6.45, 7) is -0.0220. The lowest BCUT2D eigenvalue weighted by Crippen LogP contribution is -2.37. The van der Waals surface area contributed by atoms with Crippen LogP contribution in [0.25, 0.3) is 11.0 Å². The van der Waals surface area contributed by atoms with Gasteiger partial charge < -0.3 is 4.90 Å². The molecular weight excluding hydrogens is 330 g/mol. The van der Waals surface area contributed by atoms with E-state index in [2.05, 4.69) is 22.2 Å². The van der Waals surface area contributed by atoms with Crippen molar-refractivity contribution >= 4 is 16.9 Å². The minimum absolute atomic E-state index is 0.0220. The average molecular weight is 351 g/mol. The third-order valence-electron chi connectivity index (χ3n) is 5.22. The zero-order valence-corrected chi connectivity index (χ0v) is 14.9. The molecule has 0 saturated carbocycles. The van der Waals surface area contributed by atoms with Crippen molar-refractivity contribution in [1.82, 2.24) is 24.2 Å². The fourth-order valence-electron chi connectivity index (χ4n) is 3.74. The van der Waals surface area contributed by atoms with Gasteiger partial charge in [0.15, 0.2) is 5.65 Å². The van der Waals surface area contributed by atoms with E-state index in [-0.39, 0.29) is 24.1 Å². The number of likely N-dealkylation sites (N-methyl/N-ethyl adjacent to an activating group) is 1. The lowest BCUT2D eigenvalue weighted by molar-refractivity contribution is -0.133. The molecule has 26 heavy (non-hydrogen) atoms. The Balaban J connectivity index is 1.59. The predicted octanol–water partition coefficient (Wildman–Crippen LogP) is 1.67. The maximum atomic E-state index is 12.8. The van der Waals surface area contributed by atoms with E-state index >= 15 is 0 Å². The minimum Gasteiger partial charge on any atom is -0.337 e. The molecule has 0 fully saturated rings. The molecule has 1 aromatic carbocycles. The van der Waals surface area contributed by atoms with Crippen LogP contribution in [-0.4, -0.2) is 37.2 Å². The number of rotatable bonds is 3. The summed E-state index contributed by atoms with van der Waals surface area (Å²) in [5.74, 6) is -0.0983. The quantitative estimate of drug-likeness (QED) is 0.719. The van der Waals surface area contributed by atoms with Gasteiger partial charge in [0.05, 0.1) is 12.2 Å². The fourth-order valence-corrected chi connectivity index (χ4v) is 3.74. The molecule has 0 saturated heterocycles. The van der Waals surface area contributed by atoms with Gasteiger partial charge in [-0.3, -0.25) is 18.8 Å². The Morgan fingerprint density at radius 2 is 2.15 bits per heavy atom. The number of nitrogens with zero attached hydrogens (tertiary/aromatic N) is 5. The lowest BCUT2D eigenvalue weighted by Gasteiger charge is -2.33. The van der Waals surface area contributed by atoms with Gasteiger partial charge in [0.25, 0.3) is 5.56 Å². The molecule has 0 spiro atoms. The van der Waals surface area contributed by atoms with E-state index in [1.165, 1.54) is 28.2 Å². The van der Waals surface area contributed by atoms with Crippen molar-refractivity contribution in [3.05, 3.63) is 58.3 Å². The Kier molecular flexibility index (Phi) is 4.06. The molecule has 2 aromatic heterocycles. The Morgan fingerprint density at radius 1 is 1.35 bits per heavy atom. The second kappa shape index (κ2) is 6.40. The molecular formula is C19H21N5O2. The van der Waals surface area contributed by atoms with E-state index in [0.29, 0.717) is 11.0 Å². The average Bonchev–Trinajstić information content (AvgIpc) is 3.04. The Hall–Kier alpha value is -2.96. The van der Waals surface area contributed by atoms with Crippen molar-refractivity contribution in [2.45, 2.75) is 31.8 Å². The summed E-state index contributed by atoms with van der Waals surface area (Å²) in [7, 11) is 3.55. The third kappa shape index (κ3) is 2.69. The SMILES string of the molecule is CN(C(=O)Cn1cnc2c(cnn2C)c1=O)[C@H]1CCCc2ccccc21. The van der Waals surface area contributed by atoms with Gasteiger partial charge in [0, 0.05) is 14.1 Å². The van der Waals surface area contributed by atoms with E-state index in [4.69, 9.17) is 0 Å². The standard InChI is InChI=1S/C19H21N5O2/c1-22(16-9-5-7-13-6-3-4-8-14(13)16)17(25)11-24-12-20-18-15(19(24)26)10-21-23(18)2/h3-4,6,8,10,12,16H,5,7,9,11H2,1-2H3/t16-/m0/s1. The summed E-state index contributed by atoms with van der Waals surface area (Å²) in [5.41, 5.74) is 2.80. The summed E-state index contributed by atoms with van der Waals surface area (Å²) in [5, 5.41) is 4.48. The van der Waals surface area contributed by atoms with Crippen LogP contribution >= 0.6 is 0 Å². The molecule has 7 nitrogen and oxygen atoms in total. The van der Waals surface area contributed by atoms with Crippen LogP contribution in [0.15, 0.2) is 41.6 Å². The summed E-state index contributed by atoms with van der Waals surface area (Å²) < 4.78 is 2.91. The number of benzene rings is 1. The van der Waals surface area contributed by atoms with E-state index in [1.807, 2.05) is 19.2 Å². The first-order valence-corrected chi connectivity index (χ1v) is 8.77. The summed E-state index contributed by atoms with van der Waals surface area (Å²) in [6.07, 6.45) is 5.96. The maximum Gasteiger partial charge on any atom is 0.264 e. The molecule has 4 rings (SSSR count). The molecule has 3 aromatic rings. The van der Waals surface area contributed by atoms with Crippen LogP contribution in [0.4, 0.5) is 0 Å². The van der Waals surface area contributed by atoms with Crippen molar-refractivity contribution in [3.8, 4) is 0 Å². The van der Waals surface area contributed by atoms with E-state index < -0.39 is 0 Å². The highest BCUT2D eigenvalue weighted by Crippen LogP contribution is 2.33. The van der Waals surface area contributed by atoms with E-state index in [1.54, 1.807) is 16.6 Å². The molecule has 0 unspecified atom stereocenters. The van der Waals surface area contributed by atoms with Crippen LogP contribution in [0, 0.1) is 0 Å². The highest BCUT2D eigenvalue weighted by Gasteiger charge is 2.26. The second-order valence-corrected chi connectivity index (χ2v) is 6.79. The first-order valence-electron chi connectivity index (χ1n) is 8.77. The molecule has 0 radical (unpaired) electrons. The van der Waals surface area contributed by atoms with Crippen LogP contribution in [0.3, 0.4) is 0 Å². The van der Waals surface area contributed by atoms with Gasteiger partial charge in [0.1, 0.15) is 18.3 Å². The van der Waals surface area contributed by atoms with E-state index in [9.17, 15) is 9.59 Å². The van der Waals surface area contributed by atoms with Gasteiger partial charge in [-0.15, -0.1) is 0 Å². The van der Waals surface area contributed by atoms with Crippen molar-refractivity contribution in [2.24, 2.45) is 7.05 Å².